The van der Waals surface area contributed by atoms with Crippen LogP contribution in [0.4, 0.5) is 16.2 Å². The number of nitrogens with one attached hydrogen (secondary N) is 1. The summed E-state index contributed by atoms with van der Waals surface area (Å²) in [4.78, 5) is 15.4. The lowest BCUT2D eigenvalue weighted by atomic mass is 9.65. The predicted molar refractivity (Wildman–Crippen MR) is 126 cm³/mol. The van der Waals surface area contributed by atoms with Crippen LogP contribution in [-0.2, 0) is 5.41 Å². The number of anilines is 2. The zero-order valence-electron chi connectivity index (χ0n) is 17.9. The van der Waals surface area contributed by atoms with Gasteiger partial charge >= 0.3 is 6.03 Å². The molecule has 3 nitrogen and oxygen atoms in total. The van der Waals surface area contributed by atoms with E-state index in [9.17, 15) is 4.79 Å². The van der Waals surface area contributed by atoms with E-state index in [2.05, 4.69) is 75.5 Å². The molecule has 0 saturated carbocycles. The normalized spacial score (nSPS) is 19.8. The molecule has 0 aromatic heterocycles. The van der Waals surface area contributed by atoms with Crippen LogP contribution in [0.1, 0.15) is 43.9 Å². The third-order valence-corrected chi connectivity index (χ3v) is 6.30. The first-order valence-electron chi connectivity index (χ1n) is 10.2. The van der Waals surface area contributed by atoms with Gasteiger partial charge < -0.3 is 5.32 Å². The Morgan fingerprint density at radius 3 is 2.40 bits per heavy atom. The minimum atomic E-state index is -0.393. The Morgan fingerprint density at radius 1 is 0.967 bits per heavy atom. The second-order valence-corrected chi connectivity index (χ2v) is 9.42. The molecule has 4 rings (SSSR count). The molecule has 0 fully saturated rings. The SMILES string of the molecule is Cc1ccc2c(c1)[C@](C)(c1ccccc1)CC(C)(C)N2C(=O)Nc1cccc(Cl)c1. The standard InChI is InChI=1S/C26H27ClN2O/c1-18-13-14-23-22(15-18)26(4,19-9-6-5-7-10-19)17-25(2,3)29(23)24(30)28-21-12-8-11-20(27)16-21/h5-16H,17H2,1-4H3,(H,28,30)/t26-/m0/s1. The highest BCUT2D eigenvalue weighted by Crippen LogP contribution is 2.50. The maximum atomic E-state index is 13.5. The van der Waals surface area contributed by atoms with Crippen LogP contribution in [0, 0.1) is 6.92 Å². The fourth-order valence-corrected chi connectivity index (χ4v) is 5.04. The molecule has 30 heavy (non-hydrogen) atoms. The van der Waals surface area contributed by atoms with Gasteiger partial charge in [-0.3, -0.25) is 4.90 Å². The van der Waals surface area contributed by atoms with Gasteiger partial charge in [-0.25, -0.2) is 4.79 Å². The summed E-state index contributed by atoms with van der Waals surface area (Å²) in [5.74, 6) is 0. The van der Waals surface area contributed by atoms with Crippen molar-refractivity contribution >= 4 is 29.0 Å². The summed E-state index contributed by atoms with van der Waals surface area (Å²) in [6, 6.07) is 24.0. The molecule has 3 aromatic rings. The first kappa shape index (κ1) is 20.5. The fraction of sp³-hybridized carbons (Fsp3) is 0.269. The van der Waals surface area contributed by atoms with Crippen LogP contribution >= 0.6 is 11.6 Å². The van der Waals surface area contributed by atoms with Crippen molar-refractivity contribution in [1.29, 1.82) is 0 Å². The Hall–Kier alpha value is -2.78. The number of hydrogen-bond acceptors (Lipinski definition) is 1. The Balaban J connectivity index is 1.82. The quantitative estimate of drug-likeness (QED) is 0.469. The van der Waals surface area contributed by atoms with Crippen molar-refractivity contribution in [2.45, 2.75) is 45.1 Å². The maximum Gasteiger partial charge on any atom is 0.326 e. The number of urea groups is 1. The van der Waals surface area contributed by atoms with Crippen molar-refractivity contribution in [3.05, 3.63) is 94.5 Å². The highest BCUT2D eigenvalue weighted by Gasteiger charge is 2.47. The fourth-order valence-electron chi connectivity index (χ4n) is 4.85. The summed E-state index contributed by atoms with van der Waals surface area (Å²) in [5.41, 5.74) is 4.67. The summed E-state index contributed by atoms with van der Waals surface area (Å²) in [6.07, 6.45) is 0.809. The molecule has 154 valence electrons. The van der Waals surface area contributed by atoms with E-state index in [0.29, 0.717) is 10.7 Å². The molecule has 0 unspecified atom stereocenters. The third kappa shape index (κ3) is 3.59. The number of rotatable bonds is 2. The molecule has 4 heteroatoms. The zero-order chi connectivity index (χ0) is 21.5. The topological polar surface area (TPSA) is 32.3 Å². The second-order valence-electron chi connectivity index (χ2n) is 8.98. The molecular weight excluding hydrogens is 392 g/mol. The van der Waals surface area contributed by atoms with Crippen molar-refractivity contribution in [2.75, 3.05) is 10.2 Å². The lowest BCUT2D eigenvalue weighted by Gasteiger charge is -2.51. The van der Waals surface area contributed by atoms with Crippen LogP contribution in [0.5, 0.6) is 0 Å². The number of carbonyl (C=O) groups excluding carboxylic acids is 1. The molecular formula is C26H27ClN2O. The molecule has 1 aliphatic heterocycles. The number of hydrogen-bond donors (Lipinski definition) is 1. The molecule has 0 bridgehead atoms. The van der Waals surface area contributed by atoms with E-state index in [0.717, 1.165) is 12.1 Å². The van der Waals surface area contributed by atoms with Crippen molar-refractivity contribution in [1.82, 2.24) is 0 Å². The van der Waals surface area contributed by atoms with Crippen LogP contribution < -0.4 is 10.2 Å². The van der Waals surface area contributed by atoms with Gasteiger partial charge in [0, 0.05) is 21.7 Å². The summed E-state index contributed by atoms with van der Waals surface area (Å²) < 4.78 is 0. The molecule has 0 saturated heterocycles. The number of aryl methyl sites for hydroxylation is 1. The van der Waals surface area contributed by atoms with Gasteiger partial charge in [-0.15, -0.1) is 0 Å². The molecule has 0 aliphatic carbocycles. The lowest BCUT2D eigenvalue weighted by molar-refractivity contribution is 0.243. The minimum absolute atomic E-state index is 0.150. The Labute approximate surface area is 183 Å². The van der Waals surface area contributed by atoms with Crippen LogP contribution in [-0.4, -0.2) is 11.6 Å². The average molecular weight is 419 g/mol. The van der Waals surface area contributed by atoms with Gasteiger partial charge in [-0.2, -0.15) is 0 Å². The van der Waals surface area contributed by atoms with Crippen molar-refractivity contribution in [2.24, 2.45) is 0 Å². The first-order chi connectivity index (χ1) is 14.2. The molecule has 1 N–H and O–H groups in total. The number of fused-ring (bicyclic) bond motifs is 1. The minimum Gasteiger partial charge on any atom is -0.307 e. The Morgan fingerprint density at radius 2 is 1.70 bits per heavy atom. The molecule has 2 amide bonds. The maximum absolute atomic E-state index is 13.5. The van der Waals surface area contributed by atoms with Crippen LogP contribution in [0.2, 0.25) is 5.02 Å². The average Bonchev–Trinajstić information content (AvgIpc) is 2.68. The van der Waals surface area contributed by atoms with Gasteiger partial charge in [-0.05, 0) is 62.6 Å². The number of amides is 2. The highest BCUT2D eigenvalue weighted by atomic mass is 35.5. The van der Waals surface area contributed by atoms with E-state index in [4.69, 9.17) is 11.6 Å². The Kier molecular flexibility index (Phi) is 5.11. The van der Waals surface area contributed by atoms with E-state index in [1.165, 1.54) is 16.7 Å². The first-order valence-corrected chi connectivity index (χ1v) is 10.6. The van der Waals surface area contributed by atoms with E-state index >= 15 is 0 Å². The predicted octanol–water partition coefficient (Wildman–Crippen LogP) is 7.18. The van der Waals surface area contributed by atoms with E-state index < -0.39 is 5.54 Å². The van der Waals surface area contributed by atoms with Crippen LogP contribution in [0.3, 0.4) is 0 Å². The second kappa shape index (κ2) is 7.48. The molecule has 3 aromatic carbocycles. The molecule has 0 radical (unpaired) electrons. The summed E-state index contributed by atoms with van der Waals surface area (Å²) in [7, 11) is 0. The molecule has 1 heterocycles. The van der Waals surface area contributed by atoms with Gasteiger partial charge in [0.25, 0.3) is 0 Å². The summed E-state index contributed by atoms with van der Waals surface area (Å²) in [5, 5.41) is 3.63. The van der Waals surface area contributed by atoms with E-state index in [-0.39, 0.29) is 11.4 Å². The van der Waals surface area contributed by atoms with Crippen molar-refractivity contribution in [3.63, 3.8) is 0 Å². The Bertz CT molecular complexity index is 1090. The summed E-state index contributed by atoms with van der Waals surface area (Å²) in [6.45, 7) is 8.65. The lowest BCUT2D eigenvalue weighted by Crippen LogP contribution is -2.57. The van der Waals surface area contributed by atoms with Crippen molar-refractivity contribution < 1.29 is 4.79 Å². The number of carbonyl (C=O) groups is 1. The van der Waals surface area contributed by atoms with Gasteiger partial charge in [0.05, 0.1) is 5.69 Å². The number of halogens is 1. The van der Waals surface area contributed by atoms with Gasteiger partial charge in [-0.1, -0.05) is 72.6 Å². The van der Waals surface area contributed by atoms with Crippen LogP contribution in [0.15, 0.2) is 72.8 Å². The largest absolute Gasteiger partial charge is 0.326 e. The number of benzene rings is 3. The molecule has 1 aliphatic rings. The zero-order valence-corrected chi connectivity index (χ0v) is 18.6. The highest BCUT2D eigenvalue weighted by molar-refractivity contribution is 6.30. The molecule has 0 spiro atoms. The van der Waals surface area contributed by atoms with E-state index in [1.54, 1.807) is 12.1 Å². The van der Waals surface area contributed by atoms with E-state index in [1.807, 2.05) is 23.1 Å². The molecule has 1 atom stereocenters. The third-order valence-electron chi connectivity index (χ3n) is 6.07. The van der Waals surface area contributed by atoms with Crippen molar-refractivity contribution in [3.8, 4) is 0 Å². The number of nitrogens with zero attached hydrogens (tertiary/aromatic N) is 1. The monoisotopic (exact) mass is 418 g/mol. The van der Waals surface area contributed by atoms with Crippen LogP contribution in [0.25, 0.3) is 0 Å². The summed E-state index contributed by atoms with van der Waals surface area (Å²) >= 11 is 6.11. The van der Waals surface area contributed by atoms with Gasteiger partial charge in [0.1, 0.15) is 0 Å². The van der Waals surface area contributed by atoms with Gasteiger partial charge in [0.2, 0.25) is 0 Å². The van der Waals surface area contributed by atoms with Gasteiger partial charge in [0.15, 0.2) is 0 Å². The smallest absolute Gasteiger partial charge is 0.307 e.